The molecule has 2 nitrogen and oxygen atoms in total. The summed E-state index contributed by atoms with van der Waals surface area (Å²) in [5, 5.41) is 0.440. The van der Waals surface area contributed by atoms with E-state index in [0.29, 0.717) is 14.8 Å². The van der Waals surface area contributed by atoms with Crippen LogP contribution in [-0.2, 0) is 9.84 Å². The lowest BCUT2D eigenvalue weighted by Gasteiger charge is -1.98. The van der Waals surface area contributed by atoms with E-state index in [1.807, 2.05) is 12.1 Å². The van der Waals surface area contributed by atoms with Crippen molar-refractivity contribution in [2.45, 2.75) is 9.79 Å². The Morgan fingerprint density at radius 3 is 2.38 bits per heavy atom. The Morgan fingerprint density at radius 1 is 0.875 bits per heavy atom. The maximum atomic E-state index is 12.2. The highest BCUT2D eigenvalue weighted by atomic mass is 35.5. The Kier molecular flexibility index (Phi) is 1.91. The van der Waals surface area contributed by atoms with Crippen molar-refractivity contribution in [1.82, 2.24) is 0 Å². The van der Waals surface area contributed by atoms with Crippen LogP contribution in [0.1, 0.15) is 0 Å². The van der Waals surface area contributed by atoms with Gasteiger partial charge in [-0.2, -0.15) is 0 Å². The van der Waals surface area contributed by atoms with Gasteiger partial charge in [0.1, 0.15) is 0 Å². The highest BCUT2D eigenvalue weighted by Gasteiger charge is 2.32. The summed E-state index contributed by atoms with van der Waals surface area (Å²) in [5.74, 6) is 0. The zero-order chi connectivity index (χ0) is 11.3. The second-order valence-electron chi connectivity index (χ2n) is 3.64. The van der Waals surface area contributed by atoms with Crippen molar-refractivity contribution >= 4 is 21.4 Å². The third-order valence-corrected chi connectivity index (χ3v) is 4.79. The molecule has 1 aliphatic rings. The molecule has 0 aliphatic carbocycles. The van der Waals surface area contributed by atoms with Gasteiger partial charge >= 0.3 is 0 Å². The zero-order valence-electron chi connectivity index (χ0n) is 8.14. The Bertz CT molecular complexity index is 690. The fraction of sp³-hybridized carbons (Fsp3) is 0. The zero-order valence-corrected chi connectivity index (χ0v) is 9.72. The standard InChI is InChI=1S/C12H7ClO2S/c13-8-5-6-10-9-3-1-2-4-11(9)16(14,15)12(10)7-8/h1-7H. The van der Waals surface area contributed by atoms with Gasteiger partial charge in [-0.1, -0.05) is 35.9 Å². The van der Waals surface area contributed by atoms with Crippen LogP contribution in [0, 0.1) is 0 Å². The van der Waals surface area contributed by atoms with E-state index in [1.165, 1.54) is 6.07 Å². The summed E-state index contributed by atoms with van der Waals surface area (Å²) in [6.45, 7) is 0. The van der Waals surface area contributed by atoms with Crippen LogP contribution in [-0.4, -0.2) is 8.42 Å². The lowest BCUT2D eigenvalue weighted by molar-refractivity contribution is 0.598. The first-order valence-electron chi connectivity index (χ1n) is 4.75. The van der Waals surface area contributed by atoms with Crippen molar-refractivity contribution in [3.63, 3.8) is 0 Å². The number of benzene rings is 2. The third-order valence-electron chi connectivity index (χ3n) is 2.70. The van der Waals surface area contributed by atoms with Gasteiger partial charge in [-0.25, -0.2) is 8.42 Å². The maximum Gasteiger partial charge on any atom is 0.207 e. The molecule has 0 bridgehead atoms. The van der Waals surface area contributed by atoms with Crippen LogP contribution >= 0.6 is 11.6 Å². The van der Waals surface area contributed by atoms with Crippen molar-refractivity contribution in [3.8, 4) is 11.1 Å². The summed E-state index contributed by atoms with van der Waals surface area (Å²) in [5.41, 5.74) is 1.49. The molecular formula is C12H7ClO2S. The lowest BCUT2D eigenvalue weighted by Crippen LogP contribution is -1.95. The monoisotopic (exact) mass is 250 g/mol. The average Bonchev–Trinajstić information content (AvgIpc) is 2.49. The molecule has 0 aromatic heterocycles. The SMILES string of the molecule is O=S1(=O)c2ccccc2-c2ccc(Cl)cc21. The van der Waals surface area contributed by atoms with Gasteiger partial charge in [-0.15, -0.1) is 0 Å². The number of rotatable bonds is 0. The van der Waals surface area contributed by atoms with E-state index in [0.717, 1.165) is 11.1 Å². The largest absolute Gasteiger partial charge is 0.218 e. The molecule has 0 fully saturated rings. The second-order valence-corrected chi connectivity index (χ2v) is 5.96. The van der Waals surface area contributed by atoms with Gasteiger partial charge in [0.2, 0.25) is 9.84 Å². The first kappa shape index (κ1) is 9.87. The van der Waals surface area contributed by atoms with Gasteiger partial charge in [0.05, 0.1) is 9.79 Å². The Labute approximate surface area is 98.4 Å². The maximum absolute atomic E-state index is 12.2. The van der Waals surface area contributed by atoms with E-state index in [-0.39, 0.29) is 0 Å². The highest BCUT2D eigenvalue weighted by molar-refractivity contribution is 7.92. The molecule has 1 aliphatic heterocycles. The second kappa shape index (κ2) is 3.09. The van der Waals surface area contributed by atoms with Crippen LogP contribution in [0.15, 0.2) is 52.3 Å². The molecule has 0 atom stereocenters. The van der Waals surface area contributed by atoms with Crippen LogP contribution in [0.3, 0.4) is 0 Å². The minimum atomic E-state index is -3.37. The van der Waals surface area contributed by atoms with Gasteiger partial charge in [0.15, 0.2) is 0 Å². The van der Waals surface area contributed by atoms with Crippen molar-refractivity contribution in [1.29, 1.82) is 0 Å². The summed E-state index contributed by atoms with van der Waals surface area (Å²) in [7, 11) is -3.37. The van der Waals surface area contributed by atoms with Crippen LogP contribution < -0.4 is 0 Å². The third kappa shape index (κ3) is 1.16. The Hall–Kier alpha value is -1.32. The average molecular weight is 251 g/mol. The van der Waals surface area contributed by atoms with Gasteiger partial charge < -0.3 is 0 Å². The molecule has 0 spiro atoms. The molecule has 1 heterocycles. The molecule has 0 radical (unpaired) electrons. The fourth-order valence-corrected chi connectivity index (χ4v) is 3.93. The van der Waals surface area contributed by atoms with E-state index in [2.05, 4.69) is 0 Å². The molecule has 2 aromatic rings. The normalized spacial score (nSPS) is 15.6. The Morgan fingerprint density at radius 2 is 1.56 bits per heavy atom. The number of fused-ring (bicyclic) bond motifs is 3. The predicted molar refractivity (Wildman–Crippen MR) is 62.3 cm³/mol. The van der Waals surface area contributed by atoms with Crippen LogP contribution in [0.2, 0.25) is 5.02 Å². The fourth-order valence-electron chi connectivity index (χ4n) is 1.98. The molecule has 16 heavy (non-hydrogen) atoms. The molecule has 0 saturated heterocycles. The van der Waals surface area contributed by atoms with Crippen LogP contribution in [0.5, 0.6) is 0 Å². The molecule has 3 rings (SSSR count). The first-order chi connectivity index (χ1) is 7.60. The van der Waals surface area contributed by atoms with Gasteiger partial charge in [0.25, 0.3) is 0 Å². The van der Waals surface area contributed by atoms with E-state index in [9.17, 15) is 8.42 Å². The van der Waals surface area contributed by atoms with E-state index >= 15 is 0 Å². The van der Waals surface area contributed by atoms with Crippen molar-refractivity contribution in [3.05, 3.63) is 47.5 Å². The number of halogens is 1. The number of hydrogen-bond donors (Lipinski definition) is 0. The van der Waals surface area contributed by atoms with E-state index in [1.54, 1.807) is 24.3 Å². The van der Waals surface area contributed by atoms with Crippen molar-refractivity contribution in [2.24, 2.45) is 0 Å². The molecule has 0 amide bonds. The Balaban J connectivity index is 2.49. The molecule has 80 valence electrons. The number of hydrogen-bond acceptors (Lipinski definition) is 2. The summed E-state index contributed by atoms with van der Waals surface area (Å²) in [6.07, 6.45) is 0. The first-order valence-corrected chi connectivity index (χ1v) is 6.61. The topological polar surface area (TPSA) is 34.1 Å². The van der Waals surface area contributed by atoms with Gasteiger partial charge in [-0.3, -0.25) is 0 Å². The van der Waals surface area contributed by atoms with E-state index in [4.69, 9.17) is 11.6 Å². The molecule has 0 unspecified atom stereocenters. The highest BCUT2D eigenvalue weighted by Crippen LogP contribution is 2.43. The van der Waals surface area contributed by atoms with Crippen molar-refractivity contribution in [2.75, 3.05) is 0 Å². The predicted octanol–water partition coefficient (Wildman–Crippen LogP) is 3.15. The molecule has 0 saturated carbocycles. The minimum Gasteiger partial charge on any atom is -0.218 e. The van der Waals surface area contributed by atoms with Gasteiger partial charge in [0, 0.05) is 16.1 Å². The molecule has 2 aromatic carbocycles. The summed E-state index contributed by atoms with van der Waals surface area (Å²) < 4.78 is 24.3. The lowest BCUT2D eigenvalue weighted by atomic mass is 10.1. The smallest absolute Gasteiger partial charge is 0.207 e. The van der Waals surface area contributed by atoms with E-state index < -0.39 is 9.84 Å². The van der Waals surface area contributed by atoms with Gasteiger partial charge in [-0.05, 0) is 18.2 Å². The summed E-state index contributed by atoms with van der Waals surface area (Å²) in [6, 6.07) is 12.0. The molecule has 4 heteroatoms. The van der Waals surface area contributed by atoms with Crippen molar-refractivity contribution < 1.29 is 8.42 Å². The quantitative estimate of drug-likeness (QED) is 0.614. The minimum absolute atomic E-state index is 0.307. The molecule has 0 N–H and O–H groups in total. The summed E-state index contributed by atoms with van der Waals surface area (Å²) >= 11 is 5.83. The van der Waals surface area contributed by atoms with Crippen LogP contribution in [0.4, 0.5) is 0 Å². The molecular weight excluding hydrogens is 244 g/mol. The summed E-state index contributed by atoms with van der Waals surface area (Å²) in [4.78, 5) is 0.675. The number of sulfone groups is 1. The van der Waals surface area contributed by atoms with Crippen LogP contribution in [0.25, 0.3) is 11.1 Å².